The van der Waals surface area contributed by atoms with Gasteiger partial charge in [0.25, 0.3) is 0 Å². The van der Waals surface area contributed by atoms with Crippen LogP contribution in [0.2, 0.25) is 10.0 Å². The minimum atomic E-state index is 0.130. The van der Waals surface area contributed by atoms with E-state index in [4.69, 9.17) is 28.9 Å². The van der Waals surface area contributed by atoms with Gasteiger partial charge in [-0.2, -0.15) is 0 Å². The highest BCUT2D eigenvalue weighted by atomic mass is 35.5. The lowest BCUT2D eigenvalue weighted by Crippen LogP contribution is -2.49. The highest BCUT2D eigenvalue weighted by Crippen LogP contribution is 2.41. The number of halogens is 2. The predicted octanol–water partition coefficient (Wildman–Crippen LogP) is 3.81. The van der Waals surface area contributed by atoms with Gasteiger partial charge in [-0.15, -0.1) is 0 Å². The van der Waals surface area contributed by atoms with Gasteiger partial charge in [0, 0.05) is 28.5 Å². The Bertz CT molecular complexity index is 564. The first-order chi connectivity index (χ1) is 11.0. The summed E-state index contributed by atoms with van der Waals surface area (Å²) in [5, 5.41) is 4.37. The summed E-state index contributed by atoms with van der Waals surface area (Å²) in [4.78, 5) is 12.5. The molecule has 23 heavy (non-hydrogen) atoms. The van der Waals surface area contributed by atoms with Gasteiger partial charge >= 0.3 is 0 Å². The van der Waals surface area contributed by atoms with Crippen LogP contribution in [0.5, 0.6) is 0 Å². The van der Waals surface area contributed by atoms with Crippen LogP contribution in [0.25, 0.3) is 0 Å². The van der Waals surface area contributed by atoms with Crippen LogP contribution in [0.15, 0.2) is 18.2 Å². The summed E-state index contributed by atoms with van der Waals surface area (Å²) in [6.07, 6.45) is 6.26. The van der Waals surface area contributed by atoms with Crippen LogP contribution >= 0.6 is 23.2 Å². The third kappa shape index (κ3) is 4.01. The molecule has 2 aliphatic rings. The van der Waals surface area contributed by atoms with Crippen LogP contribution in [-0.2, 0) is 11.2 Å². The van der Waals surface area contributed by atoms with Crippen LogP contribution in [0.1, 0.15) is 37.7 Å². The van der Waals surface area contributed by atoms with Crippen molar-refractivity contribution in [2.45, 2.75) is 44.6 Å². The number of hydrogen-bond donors (Lipinski definition) is 2. The van der Waals surface area contributed by atoms with E-state index in [2.05, 4.69) is 5.32 Å². The van der Waals surface area contributed by atoms with Crippen molar-refractivity contribution in [1.29, 1.82) is 0 Å². The van der Waals surface area contributed by atoms with E-state index >= 15 is 0 Å². The molecule has 3 rings (SSSR count). The van der Waals surface area contributed by atoms with E-state index in [1.807, 2.05) is 12.1 Å². The first-order valence-corrected chi connectivity index (χ1v) is 9.27. The zero-order valence-corrected chi connectivity index (χ0v) is 14.7. The molecule has 3 nitrogen and oxygen atoms in total. The number of carbonyl (C=O) groups excluding carboxylic acids is 1. The van der Waals surface area contributed by atoms with Gasteiger partial charge in [-0.1, -0.05) is 35.7 Å². The molecule has 1 amide bonds. The van der Waals surface area contributed by atoms with Crippen molar-refractivity contribution in [3.05, 3.63) is 33.8 Å². The Labute approximate surface area is 147 Å². The molecule has 126 valence electrons. The minimum Gasteiger partial charge on any atom is -0.356 e. The van der Waals surface area contributed by atoms with Gasteiger partial charge in [-0.25, -0.2) is 0 Å². The summed E-state index contributed by atoms with van der Waals surface area (Å²) in [6, 6.07) is 5.79. The molecular formula is C18H24Cl2N2O. The molecule has 2 aliphatic carbocycles. The van der Waals surface area contributed by atoms with Crippen molar-refractivity contribution in [2.24, 2.45) is 23.5 Å². The Hall–Kier alpha value is -0.770. The molecule has 5 heteroatoms. The monoisotopic (exact) mass is 354 g/mol. The van der Waals surface area contributed by atoms with Crippen molar-refractivity contribution in [3.8, 4) is 0 Å². The number of nitrogens with one attached hydrogen (secondary N) is 1. The second kappa shape index (κ2) is 7.42. The molecule has 2 bridgehead atoms. The normalized spacial score (nSPS) is 30.0. The predicted molar refractivity (Wildman–Crippen MR) is 94.7 cm³/mol. The maximum absolute atomic E-state index is 12.5. The van der Waals surface area contributed by atoms with Crippen LogP contribution in [-0.4, -0.2) is 18.5 Å². The average Bonchev–Trinajstić information content (AvgIpc) is 2.49. The van der Waals surface area contributed by atoms with Crippen LogP contribution in [0, 0.1) is 17.8 Å². The molecule has 2 atom stereocenters. The van der Waals surface area contributed by atoms with Crippen molar-refractivity contribution >= 4 is 29.1 Å². The van der Waals surface area contributed by atoms with E-state index in [9.17, 15) is 4.79 Å². The molecule has 0 heterocycles. The Balaban J connectivity index is 1.50. The SMILES string of the molecule is NC1C2CCCC1CC(C(=O)NCCc1ccc(Cl)cc1Cl)C2. The number of amides is 1. The first kappa shape index (κ1) is 17.1. The second-order valence-electron chi connectivity index (χ2n) is 6.97. The van der Waals surface area contributed by atoms with E-state index in [0.717, 1.165) is 24.8 Å². The van der Waals surface area contributed by atoms with Crippen LogP contribution in [0.3, 0.4) is 0 Å². The van der Waals surface area contributed by atoms with Gasteiger partial charge in [-0.05, 0) is 61.6 Å². The van der Waals surface area contributed by atoms with Crippen molar-refractivity contribution in [2.75, 3.05) is 6.54 Å². The van der Waals surface area contributed by atoms with Gasteiger partial charge in [-0.3, -0.25) is 4.79 Å². The van der Waals surface area contributed by atoms with Gasteiger partial charge in [0.05, 0.1) is 0 Å². The summed E-state index contributed by atoms with van der Waals surface area (Å²) >= 11 is 12.1. The van der Waals surface area contributed by atoms with E-state index in [1.165, 1.54) is 19.3 Å². The molecule has 0 radical (unpaired) electrons. The molecule has 2 unspecified atom stereocenters. The fraction of sp³-hybridized carbons (Fsp3) is 0.611. The summed E-state index contributed by atoms with van der Waals surface area (Å²) < 4.78 is 0. The summed E-state index contributed by atoms with van der Waals surface area (Å²) in [5.74, 6) is 1.37. The number of rotatable bonds is 4. The maximum atomic E-state index is 12.5. The highest BCUT2D eigenvalue weighted by Gasteiger charge is 2.40. The molecule has 0 spiro atoms. The lowest BCUT2D eigenvalue weighted by atomic mass is 9.65. The standard InChI is InChI=1S/C18H24Cl2N2O/c19-15-5-4-11(16(20)10-15)6-7-22-18(23)14-8-12-2-1-3-13(9-14)17(12)21/h4-5,10,12-14,17H,1-3,6-9,21H2,(H,22,23). The first-order valence-electron chi connectivity index (χ1n) is 8.52. The quantitative estimate of drug-likeness (QED) is 0.863. The number of benzene rings is 1. The lowest BCUT2D eigenvalue weighted by Gasteiger charge is -2.43. The number of carbonyl (C=O) groups is 1. The van der Waals surface area contributed by atoms with E-state index < -0.39 is 0 Å². The van der Waals surface area contributed by atoms with Gasteiger partial charge in [0.2, 0.25) is 5.91 Å². The van der Waals surface area contributed by atoms with E-state index in [0.29, 0.717) is 34.5 Å². The largest absolute Gasteiger partial charge is 0.356 e. The topological polar surface area (TPSA) is 55.1 Å². The zero-order chi connectivity index (χ0) is 16.4. The third-order valence-electron chi connectivity index (χ3n) is 5.49. The number of hydrogen-bond acceptors (Lipinski definition) is 2. The fourth-order valence-corrected chi connectivity index (χ4v) is 4.70. The van der Waals surface area contributed by atoms with Gasteiger partial charge in [0.15, 0.2) is 0 Å². The Kier molecular flexibility index (Phi) is 5.50. The van der Waals surface area contributed by atoms with Gasteiger partial charge < -0.3 is 11.1 Å². The Morgan fingerprint density at radius 1 is 1.22 bits per heavy atom. The molecule has 2 fully saturated rings. The average molecular weight is 355 g/mol. The van der Waals surface area contributed by atoms with E-state index in [-0.39, 0.29) is 11.8 Å². The molecule has 1 aromatic rings. The van der Waals surface area contributed by atoms with E-state index in [1.54, 1.807) is 6.07 Å². The zero-order valence-electron chi connectivity index (χ0n) is 13.2. The molecule has 2 saturated carbocycles. The Morgan fingerprint density at radius 2 is 1.91 bits per heavy atom. The van der Waals surface area contributed by atoms with Crippen LogP contribution < -0.4 is 11.1 Å². The summed E-state index contributed by atoms with van der Waals surface area (Å²) in [7, 11) is 0. The Morgan fingerprint density at radius 3 is 2.57 bits per heavy atom. The second-order valence-corrected chi connectivity index (χ2v) is 7.82. The highest BCUT2D eigenvalue weighted by molar-refractivity contribution is 6.35. The summed E-state index contributed by atoms with van der Waals surface area (Å²) in [6.45, 7) is 0.609. The van der Waals surface area contributed by atoms with Crippen molar-refractivity contribution in [1.82, 2.24) is 5.32 Å². The molecule has 1 aromatic carbocycles. The number of fused-ring (bicyclic) bond motifs is 2. The lowest BCUT2D eigenvalue weighted by molar-refractivity contribution is -0.127. The molecule has 0 aromatic heterocycles. The molecular weight excluding hydrogens is 331 g/mol. The molecule has 0 saturated heterocycles. The third-order valence-corrected chi connectivity index (χ3v) is 6.08. The van der Waals surface area contributed by atoms with Crippen molar-refractivity contribution in [3.63, 3.8) is 0 Å². The number of nitrogens with two attached hydrogens (primary N) is 1. The fourth-order valence-electron chi connectivity index (χ4n) is 4.19. The minimum absolute atomic E-state index is 0.130. The molecule has 0 aliphatic heterocycles. The van der Waals surface area contributed by atoms with Crippen molar-refractivity contribution < 1.29 is 4.79 Å². The molecule has 3 N–H and O–H groups in total. The smallest absolute Gasteiger partial charge is 0.223 e. The maximum Gasteiger partial charge on any atom is 0.223 e. The van der Waals surface area contributed by atoms with Gasteiger partial charge in [0.1, 0.15) is 0 Å². The van der Waals surface area contributed by atoms with Crippen LogP contribution in [0.4, 0.5) is 0 Å². The summed E-state index contributed by atoms with van der Waals surface area (Å²) in [5.41, 5.74) is 7.31.